The number of fused-ring (bicyclic) bond motifs is 7. The van der Waals surface area contributed by atoms with Gasteiger partial charge in [-0.25, -0.2) is 0 Å². The van der Waals surface area contributed by atoms with Gasteiger partial charge in [-0.1, -0.05) is 146 Å². The highest BCUT2D eigenvalue weighted by atomic mass is 15.1. The number of benzene rings is 9. The van der Waals surface area contributed by atoms with Crippen LogP contribution < -0.4 is 4.90 Å². The van der Waals surface area contributed by atoms with Crippen molar-refractivity contribution in [2.45, 2.75) is 6.92 Å². The summed E-state index contributed by atoms with van der Waals surface area (Å²) in [4.78, 5) is 2.39. The zero-order valence-corrected chi connectivity index (χ0v) is 26.8. The number of anilines is 3. The molecule has 0 unspecified atom stereocenters. The molecule has 0 aromatic heterocycles. The fraction of sp³-hybridized carbons (Fsp3) is 0.0213. The predicted molar refractivity (Wildman–Crippen MR) is 207 cm³/mol. The van der Waals surface area contributed by atoms with Gasteiger partial charge in [0.1, 0.15) is 0 Å². The Morgan fingerprint density at radius 1 is 0.292 bits per heavy atom. The van der Waals surface area contributed by atoms with Crippen LogP contribution in [0.25, 0.3) is 65.3 Å². The molecule has 9 aromatic carbocycles. The molecule has 0 radical (unpaired) electrons. The minimum atomic E-state index is 1.12. The molecule has 0 aliphatic carbocycles. The predicted octanol–water partition coefficient (Wildman–Crippen LogP) is 13.4. The fourth-order valence-corrected chi connectivity index (χ4v) is 7.38. The van der Waals surface area contributed by atoms with Gasteiger partial charge in [-0.3, -0.25) is 0 Å². The molecule has 1 heteroatoms. The second kappa shape index (κ2) is 11.6. The quantitative estimate of drug-likeness (QED) is 0.175. The van der Waals surface area contributed by atoms with Gasteiger partial charge in [-0.05, 0) is 109 Å². The first-order chi connectivity index (χ1) is 23.7. The molecule has 0 fully saturated rings. The maximum absolute atomic E-state index is 2.39. The Hall–Kier alpha value is -6.18. The minimum Gasteiger partial charge on any atom is -0.310 e. The van der Waals surface area contributed by atoms with E-state index in [1.54, 1.807) is 0 Å². The maximum Gasteiger partial charge on any atom is 0.0540 e. The molecule has 0 bridgehead atoms. The summed E-state index contributed by atoms with van der Waals surface area (Å²) in [7, 11) is 0. The number of aryl methyl sites for hydroxylation is 1. The van der Waals surface area contributed by atoms with Gasteiger partial charge in [0, 0.05) is 16.8 Å². The van der Waals surface area contributed by atoms with Crippen LogP contribution in [-0.4, -0.2) is 0 Å². The zero-order valence-electron chi connectivity index (χ0n) is 26.8. The highest BCUT2D eigenvalue weighted by Gasteiger charge is 2.17. The molecule has 0 heterocycles. The molecular formula is C47H33N. The molecule has 0 spiro atoms. The Morgan fingerprint density at radius 3 is 1.29 bits per heavy atom. The molecule has 226 valence electrons. The normalized spacial score (nSPS) is 11.4. The second-order valence-corrected chi connectivity index (χ2v) is 12.6. The summed E-state index contributed by atoms with van der Waals surface area (Å²) in [5.74, 6) is 0. The average molecular weight is 612 g/mol. The van der Waals surface area contributed by atoms with Gasteiger partial charge in [0.15, 0.2) is 0 Å². The van der Waals surface area contributed by atoms with Crippen LogP contribution in [0.4, 0.5) is 17.1 Å². The van der Waals surface area contributed by atoms with Gasteiger partial charge in [0.05, 0.1) is 5.69 Å². The Kier molecular flexibility index (Phi) is 6.76. The van der Waals surface area contributed by atoms with Crippen molar-refractivity contribution in [2.24, 2.45) is 0 Å². The standard InChI is InChI=1S/C47H33N/c1-32-19-30-47(45-18-10-5-13-39(32)45)48(37-25-20-34(21-26-37)33-11-3-2-4-12-33)38-27-22-35(23-28-38)36-24-29-44-42-16-7-6-14-40(42)41-15-8-9-17-43(41)46(44)31-36/h2-31H,1H3. The van der Waals surface area contributed by atoms with Gasteiger partial charge < -0.3 is 4.90 Å². The summed E-state index contributed by atoms with van der Waals surface area (Å²) in [6.45, 7) is 2.19. The zero-order chi connectivity index (χ0) is 32.0. The Labute approximate surface area is 281 Å². The summed E-state index contributed by atoms with van der Waals surface area (Å²) < 4.78 is 0. The first-order valence-corrected chi connectivity index (χ1v) is 16.6. The number of nitrogens with zero attached hydrogens (tertiary/aromatic N) is 1. The molecule has 48 heavy (non-hydrogen) atoms. The summed E-state index contributed by atoms with van der Waals surface area (Å²) in [5, 5.41) is 10.3. The lowest BCUT2D eigenvalue weighted by Crippen LogP contribution is -2.10. The number of rotatable bonds is 5. The second-order valence-electron chi connectivity index (χ2n) is 12.6. The molecule has 1 nitrogen and oxygen atoms in total. The van der Waals surface area contributed by atoms with E-state index in [-0.39, 0.29) is 0 Å². The summed E-state index contributed by atoms with van der Waals surface area (Å²) >= 11 is 0. The van der Waals surface area contributed by atoms with E-state index < -0.39 is 0 Å². The summed E-state index contributed by atoms with van der Waals surface area (Å²) in [5.41, 5.74) is 9.54. The first-order valence-electron chi connectivity index (χ1n) is 16.6. The molecule has 0 saturated heterocycles. The smallest absolute Gasteiger partial charge is 0.0540 e. The van der Waals surface area contributed by atoms with Gasteiger partial charge >= 0.3 is 0 Å². The highest BCUT2D eigenvalue weighted by Crippen LogP contribution is 2.42. The summed E-state index contributed by atoms with van der Waals surface area (Å²) in [6.07, 6.45) is 0. The SMILES string of the molecule is Cc1ccc(N(c2ccc(-c3ccccc3)cc2)c2ccc(-c3ccc4c5ccccc5c5ccccc5c4c3)cc2)c2ccccc12. The van der Waals surface area contributed by atoms with Crippen LogP contribution in [0.3, 0.4) is 0 Å². The van der Waals surface area contributed by atoms with Crippen molar-refractivity contribution in [3.05, 3.63) is 188 Å². The monoisotopic (exact) mass is 611 g/mol. The van der Waals surface area contributed by atoms with E-state index in [1.807, 2.05) is 0 Å². The van der Waals surface area contributed by atoms with E-state index in [1.165, 1.54) is 76.6 Å². The van der Waals surface area contributed by atoms with Gasteiger partial charge in [0.2, 0.25) is 0 Å². The Bertz CT molecular complexity index is 2560. The lowest BCUT2D eigenvalue weighted by molar-refractivity contribution is 1.29. The number of hydrogen-bond donors (Lipinski definition) is 0. The molecule has 9 aromatic rings. The van der Waals surface area contributed by atoms with Crippen molar-refractivity contribution in [3.63, 3.8) is 0 Å². The van der Waals surface area contributed by atoms with Crippen LogP contribution in [-0.2, 0) is 0 Å². The van der Waals surface area contributed by atoms with Crippen molar-refractivity contribution in [1.29, 1.82) is 0 Å². The van der Waals surface area contributed by atoms with Crippen LogP contribution in [0.2, 0.25) is 0 Å². The third kappa shape index (κ3) is 4.71. The first kappa shape index (κ1) is 28.1. The highest BCUT2D eigenvalue weighted by molar-refractivity contribution is 6.25. The van der Waals surface area contributed by atoms with Crippen molar-refractivity contribution in [1.82, 2.24) is 0 Å². The van der Waals surface area contributed by atoms with E-state index >= 15 is 0 Å². The Balaban J connectivity index is 1.17. The Morgan fingerprint density at radius 2 is 0.708 bits per heavy atom. The lowest BCUT2D eigenvalue weighted by atomic mass is 9.92. The molecule has 0 aliphatic heterocycles. The van der Waals surface area contributed by atoms with E-state index in [0.717, 1.165) is 11.4 Å². The van der Waals surface area contributed by atoms with Crippen LogP contribution in [0.1, 0.15) is 5.56 Å². The lowest BCUT2D eigenvalue weighted by Gasteiger charge is -2.27. The van der Waals surface area contributed by atoms with E-state index in [2.05, 4.69) is 194 Å². The molecular weight excluding hydrogens is 579 g/mol. The largest absolute Gasteiger partial charge is 0.310 e. The van der Waals surface area contributed by atoms with Crippen molar-refractivity contribution < 1.29 is 0 Å². The average Bonchev–Trinajstić information content (AvgIpc) is 3.17. The van der Waals surface area contributed by atoms with Gasteiger partial charge in [0.25, 0.3) is 0 Å². The maximum atomic E-state index is 2.39. The molecule has 9 rings (SSSR count). The molecule has 0 saturated carbocycles. The van der Waals surface area contributed by atoms with Crippen LogP contribution in [0.15, 0.2) is 182 Å². The minimum absolute atomic E-state index is 1.12. The van der Waals surface area contributed by atoms with E-state index in [9.17, 15) is 0 Å². The summed E-state index contributed by atoms with van der Waals surface area (Å²) in [6, 6.07) is 66.3. The fourth-order valence-electron chi connectivity index (χ4n) is 7.38. The molecule has 0 atom stereocenters. The van der Waals surface area contributed by atoms with Crippen LogP contribution >= 0.6 is 0 Å². The van der Waals surface area contributed by atoms with Crippen LogP contribution in [0.5, 0.6) is 0 Å². The van der Waals surface area contributed by atoms with Gasteiger partial charge in [-0.2, -0.15) is 0 Å². The number of hydrogen-bond acceptors (Lipinski definition) is 1. The van der Waals surface area contributed by atoms with E-state index in [0.29, 0.717) is 0 Å². The third-order valence-electron chi connectivity index (χ3n) is 9.80. The van der Waals surface area contributed by atoms with Crippen LogP contribution in [0, 0.1) is 6.92 Å². The van der Waals surface area contributed by atoms with Crippen molar-refractivity contribution in [3.8, 4) is 22.3 Å². The molecule has 0 N–H and O–H groups in total. The van der Waals surface area contributed by atoms with Crippen molar-refractivity contribution in [2.75, 3.05) is 4.90 Å². The molecule has 0 aliphatic rings. The van der Waals surface area contributed by atoms with E-state index in [4.69, 9.17) is 0 Å². The van der Waals surface area contributed by atoms with Gasteiger partial charge in [-0.15, -0.1) is 0 Å². The molecule has 0 amide bonds. The third-order valence-corrected chi connectivity index (χ3v) is 9.80. The van der Waals surface area contributed by atoms with Crippen molar-refractivity contribution >= 4 is 60.2 Å². The topological polar surface area (TPSA) is 3.24 Å².